The minimum atomic E-state index is 0.502. The van der Waals surface area contributed by atoms with E-state index >= 15 is 0 Å². The van der Waals surface area contributed by atoms with Crippen molar-refractivity contribution in [2.75, 3.05) is 0 Å². The molecule has 4 unspecified atom stereocenters. The lowest BCUT2D eigenvalue weighted by Gasteiger charge is -2.28. The first-order valence-corrected chi connectivity index (χ1v) is 5.37. The van der Waals surface area contributed by atoms with Crippen molar-refractivity contribution in [3.8, 4) is 0 Å². The van der Waals surface area contributed by atoms with Gasteiger partial charge in [-0.05, 0) is 49.9 Å². The quantitative estimate of drug-likeness (QED) is 0.537. The van der Waals surface area contributed by atoms with Gasteiger partial charge in [-0.25, -0.2) is 0 Å². The summed E-state index contributed by atoms with van der Waals surface area (Å²) in [5.74, 6) is 3.66. The summed E-state index contributed by atoms with van der Waals surface area (Å²) < 4.78 is 0. The van der Waals surface area contributed by atoms with Crippen LogP contribution in [0.2, 0.25) is 0 Å². The van der Waals surface area contributed by atoms with Crippen LogP contribution >= 0.6 is 0 Å². The van der Waals surface area contributed by atoms with E-state index in [0.29, 0.717) is 11.7 Å². The van der Waals surface area contributed by atoms with E-state index in [0.717, 1.165) is 24.2 Å². The SMILES string of the molecule is O=C1CC2CCC3C(CCC13)C2. The second-order valence-corrected chi connectivity index (χ2v) is 4.96. The van der Waals surface area contributed by atoms with Gasteiger partial charge in [-0.2, -0.15) is 0 Å². The molecule has 4 aliphatic rings. The third kappa shape index (κ3) is 0.826. The lowest BCUT2D eigenvalue weighted by molar-refractivity contribution is -0.123. The smallest absolute Gasteiger partial charge is 0.136 e. The summed E-state index contributed by atoms with van der Waals surface area (Å²) in [6.45, 7) is 0. The van der Waals surface area contributed by atoms with Crippen molar-refractivity contribution in [1.82, 2.24) is 0 Å². The zero-order chi connectivity index (χ0) is 8.13. The van der Waals surface area contributed by atoms with E-state index in [1.165, 1.54) is 32.1 Å². The number of rotatable bonds is 0. The van der Waals surface area contributed by atoms with Crippen molar-refractivity contribution in [2.45, 2.75) is 38.5 Å². The van der Waals surface area contributed by atoms with Crippen LogP contribution < -0.4 is 0 Å². The first-order chi connectivity index (χ1) is 5.84. The van der Waals surface area contributed by atoms with Crippen molar-refractivity contribution < 1.29 is 4.79 Å². The van der Waals surface area contributed by atoms with Gasteiger partial charge in [0.1, 0.15) is 5.78 Å². The summed E-state index contributed by atoms with van der Waals surface area (Å²) in [4.78, 5) is 11.7. The van der Waals surface area contributed by atoms with E-state index in [1.54, 1.807) is 0 Å². The molecule has 1 nitrogen and oxygen atoms in total. The fraction of sp³-hybridized carbons (Fsp3) is 0.909. The van der Waals surface area contributed by atoms with Crippen LogP contribution in [0.4, 0.5) is 0 Å². The van der Waals surface area contributed by atoms with Gasteiger partial charge in [0, 0.05) is 12.3 Å². The van der Waals surface area contributed by atoms with E-state index in [4.69, 9.17) is 0 Å². The van der Waals surface area contributed by atoms with E-state index < -0.39 is 0 Å². The highest BCUT2D eigenvalue weighted by molar-refractivity contribution is 5.82. The first-order valence-electron chi connectivity index (χ1n) is 5.37. The predicted molar refractivity (Wildman–Crippen MR) is 46.7 cm³/mol. The Balaban J connectivity index is 1.99. The summed E-state index contributed by atoms with van der Waals surface area (Å²) in [5.41, 5.74) is 0. The van der Waals surface area contributed by atoms with Gasteiger partial charge in [-0.1, -0.05) is 0 Å². The van der Waals surface area contributed by atoms with E-state index in [-0.39, 0.29) is 0 Å². The Morgan fingerprint density at radius 1 is 1.08 bits per heavy atom. The van der Waals surface area contributed by atoms with E-state index in [2.05, 4.69) is 0 Å². The molecule has 4 fully saturated rings. The Bertz CT molecular complexity index is 221. The van der Waals surface area contributed by atoms with Crippen LogP contribution in [0.3, 0.4) is 0 Å². The third-order valence-electron chi connectivity index (χ3n) is 4.42. The highest BCUT2D eigenvalue weighted by atomic mass is 16.1. The van der Waals surface area contributed by atoms with Crippen LogP contribution in [0.15, 0.2) is 0 Å². The standard InChI is InChI=1S/C11H16O/c12-11-6-7-1-3-9-8(5-7)2-4-10(9)11/h7-10H,1-6H2. The summed E-state index contributed by atoms with van der Waals surface area (Å²) in [6.07, 6.45) is 7.61. The molecule has 12 heavy (non-hydrogen) atoms. The van der Waals surface area contributed by atoms with Gasteiger partial charge in [0.25, 0.3) is 0 Å². The Hall–Kier alpha value is -0.330. The van der Waals surface area contributed by atoms with Crippen LogP contribution in [0.25, 0.3) is 0 Å². The molecule has 4 bridgehead atoms. The summed E-state index contributed by atoms with van der Waals surface area (Å²) in [6, 6.07) is 0. The molecule has 4 saturated carbocycles. The fourth-order valence-corrected chi connectivity index (χ4v) is 3.88. The van der Waals surface area contributed by atoms with Gasteiger partial charge in [0.05, 0.1) is 0 Å². The average Bonchev–Trinajstić information content (AvgIpc) is 2.34. The number of carbonyl (C=O) groups is 1. The van der Waals surface area contributed by atoms with Gasteiger partial charge in [0.2, 0.25) is 0 Å². The molecule has 4 atom stereocenters. The molecule has 0 amide bonds. The summed E-state index contributed by atoms with van der Waals surface area (Å²) in [7, 11) is 0. The van der Waals surface area contributed by atoms with E-state index in [9.17, 15) is 4.79 Å². The average molecular weight is 164 g/mol. The second kappa shape index (κ2) is 2.34. The van der Waals surface area contributed by atoms with Crippen molar-refractivity contribution >= 4 is 5.78 Å². The maximum Gasteiger partial charge on any atom is 0.136 e. The molecule has 0 radical (unpaired) electrons. The Morgan fingerprint density at radius 2 is 2.00 bits per heavy atom. The van der Waals surface area contributed by atoms with Crippen molar-refractivity contribution in [2.24, 2.45) is 23.7 Å². The molecule has 1 heteroatoms. The summed E-state index contributed by atoms with van der Waals surface area (Å²) >= 11 is 0. The minimum Gasteiger partial charge on any atom is -0.299 e. The second-order valence-electron chi connectivity index (χ2n) is 4.96. The van der Waals surface area contributed by atoms with Crippen LogP contribution in [-0.4, -0.2) is 5.78 Å². The molecule has 4 rings (SSSR count). The third-order valence-corrected chi connectivity index (χ3v) is 4.42. The zero-order valence-electron chi connectivity index (χ0n) is 7.46. The van der Waals surface area contributed by atoms with Gasteiger partial charge < -0.3 is 0 Å². The van der Waals surface area contributed by atoms with Gasteiger partial charge in [-0.15, -0.1) is 0 Å². The van der Waals surface area contributed by atoms with Crippen LogP contribution in [-0.2, 0) is 4.79 Å². The largest absolute Gasteiger partial charge is 0.299 e. The molecule has 0 heterocycles. The lowest BCUT2D eigenvalue weighted by Crippen LogP contribution is -2.20. The maximum absolute atomic E-state index is 11.7. The molecule has 66 valence electrons. The Labute approximate surface area is 73.5 Å². The molecular weight excluding hydrogens is 148 g/mol. The maximum atomic E-state index is 11.7. The molecule has 0 aromatic heterocycles. The lowest BCUT2D eigenvalue weighted by atomic mass is 9.77. The normalized spacial score (nSPS) is 51.2. The highest BCUT2D eigenvalue weighted by Crippen LogP contribution is 2.52. The number of hydrogen-bond acceptors (Lipinski definition) is 1. The molecule has 0 saturated heterocycles. The molecule has 0 spiro atoms. The minimum absolute atomic E-state index is 0.502. The molecule has 0 aliphatic heterocycles. The monoisotopic (exact) mass is 164 g/mol. The number of ketones is 1. The Kier molecular flexibility index (Phi) is 1.38. The molecule has 4 aliphatic carbocycles. The van der Waals surface area contributed by atoms with Gasteiger partial charge in [0.15, 0.2) is 0 Å². The highest BCUT2D eigenvalue weighted by Gasteiger charge is 2.46. The molecule has 0 aromatic rings. The predicted octanol–water partition coefficient (Wildman–Crippen LogP) is 2.40. The zero-order valence-corrected chi connectivity index (χ0v) is 7.46. The number of Topliss-reactive ketones (excluding diaryl/α,β-unsaturated/α-hetero) is 1. The number of fused-ring (bicyclic) bond motifs is 2. The van der Waals surface area contributed by atoms with Crippen LogP contribution in [0.1, 0.15) is 38.5 Å². The Morgan fingerprint density at radius 3 is 2.92 bits per heavy atom. The van der Waals surface area contributed by atoms with Crippen molar-refractivity contribution in [3.63, 3.8) is 0 Å². The topological polar surface area (TPSA) is 17.1 Å². The molecular formula is C11H16O. The van der Waals surface area contributed by atoms with Crippen molar-refractivity contribution in [3.05, 3.63) is 0 Å². The number of hydrogen-bond donors (Lipinski definition) is 0. The molecule has 0 aromatic carbocycles. The van der Waals surface area contributed by atoms with Gasteiger partial charge in [-0.3, -0.25) is 4.79 Å². The fourth-order valence-electron chi connectivity index (χ4n) is 3.88. The van der Waals surface area contributed by atoms with Gasteiger partial charge >= 0.3 is 0 Å². The first kappa shape index (κ1) is 7.11. The van der Waals surface area contributed by atoms with Crippen LogP contribution in [0, 0.1) is 23.7 Å². The summed E-state index contributed by atoms with van der Waals surface area (Å²) in [5, 5.41) is 0. The van der Waals surface area contributed by atoms with E-state index in [1.807, 2.05) is 0 Å². The van der Waals surface area contributed by atoms with Crippen LogP contribution in [0.5, 0.6) is 0 Å². The molecule has 0 N–H and O–H groups in total. The van der Waals surface area contributed by atoms with Crippen molar-refractivity contribution in [1.29, 1.82) is 0 Å². The number of carbonyl (C=O) groups excluding carboxylic acids is 1.